The lowest BCUT2D eigenvalue weighted by Gasteiger charge is -2.13. The highest BCUT2D eigenvalue weighted by Crippen LogP contribution is 1.93. The molecule has 112 valence electrons. The smallest absolute Gasteiger partial charge is 0.410 e. The number of carbonyl (C=O) groups excluding carboxylic acids is 2. The van der Waals surface area contributed by atoms with E-state index in [0.29, 0.717) is 19.6 Å². The Bertz CT molecular complexity index is 263. The van der Waals surface area contributed by atoms with Gasteiger partial charge in [0.25, 0.3) is 0 Å². The minimum atomic E-state index is -0.883. The molecule has 0 saturated carbocycles. The molecular weight excluding hydrogens is 252 g/mol. The van der Waals surface area contributed by atoms with Gasteiger partial charge in [-0.2, -0.15) is 0 Å². The lowest BCUT2D eigenvalue weighted by molar-refractivity contribution is -0.162. The third kappa shape index (κ3) is 12.9. The highest BCUT2D eigenvalue weighted by Gasteiger charge is 2.10. The van der Waals surface area contributed by atoms with E-state index in [-0.39, 0.29) is 0 Å². The molecular formula is C11H24N4O4. The van der Waals surface area contributed by atoms with Crippen molar-refractivity contribution in [2.24, 2.45) is 5.73 Å². The quantitative estimate of drug-likeness (QED) is 0.224. The van der Waals surface area contributed by atoms with Gasteiger partial charge in [0.1, 0.15) is 0 Å². The van der Waals surface area contributed by atoms with Gasteiger partial charge >= 0.3 is 12.1 Å². The maximum absolute atomic E-state index is 11.2. The lowest BCUT2D eigenvalue weighted by Crippen LogP contribution is -2.37. The third-order valence-electron chi connectivity index (χ3n) is 1.98. The number of alkyl carbamates (subject to hydrolysis) is 1. The zero-order valence-corrected chi connectivity index (χ0v) is 11.5. The number of ether oxygens (including phenoxy) is 2. The molecule has 8 heteroatoms. The van der Waals surface area contributed by atoms with Gasteiger partial charge in [-0.3, -0.25) is 4.79 Å². The molecule has 0 spiro atoms. The molecule has 19 heavy (non-hydrogen) atoms. The Morgan fingerprint density at radius 1 is 1.05 bits per heavy atom. The minimum absolute atomic E-state index is 0.433. The fraction of sp³-hybridized carbons (Fsp3) is 0.818. The molecule has 0 fully saturated rings. The van der Waals surface area contributed by atoms with Gasteiger partial charge in [-0.05, 0) is 0 Å². The Hall–Kier alpha value is -1.38. The average molecular weight is 276 g/mol. The molecule has 0 aromatic carbocycles. The van der Waals surface area contributed by atoms with Crippen molar-refractivity contribution in [2.75, 3.05) is 39.3 Å². The summed E-state index contributed by atoms with van der Waals surface area (Å²) in [6.45, 7) is 6.81. The van der Waals surface area contributed by atoms with Crippen LogP contribution in [-0.2, 0) is 14.3 Å². The Balaban J connectivity index is 3.36. The van der Waals surface area contributed by atoms with Crippen LogP contribution in [0.5, 0.6) is 0 Å². The topological polar surface area (TPSA) is 115 Å². The third-order valence-corrected chi connectivity index (χ3v) is 1.98. The molecule has 0 aromatic rings. The number of hydrogen-bond donors (Lipinski definition) is 4. The molecule has 5 N–H and O–H groups in total. The molecule has 0 bridgehead atoms. The van der Waals surface area contributed by atoms with E-state index in [9.17, 15) is 9.59 Å². The Morgan fingerprint density at radius 2 is 1.63 bits per heavy atom. The predicted molar refractivity (Wildman–Crippen MR) is 70.5 cm³/mol. The largest absolute Gasteiger partial charge is 0.426 e. The van der Waals surface area contributed by atoms with E-state index in [0.717, 1.165) is 19.6 Å². The van der Waals surface area contributed by atoms with E-state index >= 15 is 0 Å². The van der Waals surface area contributed by atoms with Crippen molar-refractivity contribution in [2.45, 2.75) is 20.1 Å². The first-order valence-corrected chi connectivity index (χ1v) is 6.29. The molecule has 0 saturated heterocycles. The molecule has 0 aliphatic heterocycles. The van der Waals surface area contributed by atoms with Crippen molar-refractivity contribution < 1.29 is 19.1 Å². The zero-order chi connectivity index (χ0) is 14.5. The van der Waals surface area contributed by atoms with Crippen LogP contribution in [0.15, 0.2) is 0 Å². The molecule has 0 radical (unpaired) electrons. The number of esters is 1. The second-order valence-corrected chi connectivity index (χ2v) is 3.80. The summed E-state index contributed by atoms with van der Waals surface area (Å²) in [4.78, 5) is 21.8. The van der Waals surface area contributed by atoms with Crippen LogP contribution in [0.1, 0.15) is 13.8 Å². The van der Waals surface area contributed by atoms with E-state index in [1.165, 1.54) is 13.8 Å². The van der Waals surface area contributed by atoms with Crippen LogP contribution in [-0.4, -0.2) is 57.6 Å². The standard InChI is InChI=1S/C11H24N4O4/c1-9(16)18-10(2)19-11(17)15-8-7-14-6-5-13-4-3-12/h10,13-14H,3-8,12H2,1-2H3,(H,15,17). The molecule has 0 aliphatic carbocycles. The molecule has 0 aromatic heterocycles. The summed E-state index contributed by atoms with van der Waals surface area (Å²) < 4.78 is 9.42. The van der Waals surface area contributed by atoms with Crippen LogP contribution in [0.3, 0.4) is 0 Å². The molecule has 1 unspecified atom stereocenters. The number of amides is 1. The first kappa shape index (κ1) is 17.6. The Labute approximate surface area is 113 Å². The van der Waals surface area contributed by atoms with Gasteiger partial charge in [0.2, 0.25) is 6.29 Å². The van der Waals surface area contributed by atoms with Crippen LogP contribution >= 0.6 is 0 Å². The zero-order valence-electron chi connectivity index (χ0n) is 11.5. The van der Waals surface area contributed by atoms with Gasteiger partial charge in [0, 0.05) is 53.1 Å². The van der Waals surface area contributed by atoms with Crippen molar-refractivity contribution in [3.05, 3.63) is 0 Å². The monoisotopic (exact) mass is 276 g/mol. The van der Waals surface area contributed by atoms with Crippen LogP contribution in [0.4, 0.5) is 4.79 Å². The van der Waals surface area contributed by atoms with Crippen molar-refractivity contribution in [3.8, 4) is 0 Å². The summed E-state index contributed by atoms with van der Waals surface area (Å²) in [7, 11) is 0. The van der Waals surface area contributed by atoms with Gasteiger partial charge < -0.3 is 31.2 Å². The van der Waals surface area contributed by atoms with E-state index in [2.05, 4.69) is 20.7 Å². The van der Waals surface area contributed by atoms with Crippen LogP contribution in [0.2, 0.25) is 0 Å². The molecule has 8 nitrogen and oxygen atoms in total. The molecule has 0 heterocycles. The maximum atomic E-state index is 11.2. The van der Waals surface area contributed by atoms with Gasteiger partial charge in [-0.15, -0.1) is 0 Å². The maximum Gasteiger partial charge on any atom is 0.410 e. The number of nitrogens with one attached hydrogen (secondary N) is 3. The fourth-order valence-electron chi connectivity index (χ4n) is 1.23. The summed E-state index contributed by atoms with van der Waals surface area (Å²) >= 11 is 0. The van der Waals surface area contributed by atoms with Crippen molar-refractivity contribution in [1.82, 2.24) is 16.0 Å². The van der Waals surface area contributed by atoms with E-state index in [1.807, 2.05) is 0 Å². The summed E-state index contributed by atoms with van der Waals surface area (Å²) in [5.41, 5.74) is 5.32. The Kier molecular flexibility index (Phi) is 10.8. The summed E-state index contributed by atoms with van der Waals surface area (Å²) in [6, 6.07) is 0. The lowest BCUT2D eigenvalue weighted by atomic mass is 10.5. The molecule has 0 aliphatic rings. The molecule has 1 amide bonds. The number of nitrogens with two attached hydrogens (primary N) is 1. The average Bonchev–Trinajstić information content (AvgIpc) is 2.31. The van der Waals surface area contributed by atoms with Crippen molar-refractivity contribution in [1.29, 1.82) is 0 Å². The van der Waals surface area contributed by atoms with E-state index in [4.69, 9.17) is 10.5 Å². The van der Waals surface area contributed by atoms with Crippen molar-refractivity contribution in [3.63, 3.8) is 0 Å². The van der Waals surface area contributed by atoms with Gasteiger partial charge in [0.05, 0.1) is 0 Å². The molecule has 1 atom stereocenters. The number of rotatable bonds is 10. The highest BCUT2D eigenvalue weighted by atomic mass is 16.7. The first-order chi connectivity index (χ1) is 9.06. The van der Waals surface area contributed by atoms with Crippen LogP contribution < -0.4 is 21.7 Å². The van der Waals surface area contributed by atoms with E-state index in [1.54, 1.807) is 0 Å². The van der Waals surface area contributed by atoms with E-state index < -0.39 is 18.4 Å². The fourth-order valence-corrected chi connectivity index (χ4v) is 1.23. The van der Waals surface area contributed by atoms with Gasteiger partial charge in [-0.25, -0.2) is 4.79 Å². The number of carbonyl (C=O) groups is 2. The van der Waals surface area contributed by atoms with Crippen LogP contribution in [0.25, 0.3) is 0 Å². The van der Waals surface area contributed by atoms with Crippen LogP contribution in [0, 0.1) is 0 Å². The SMILES string of the molecule is CC(=O)OC(C)OC(=O)NCCNCCNCCN. The summed E-state index contributed by atoms with van der Waals surface area (Å²) in [5.74, 6) is -0.494. The molecule has 0 rings (SSSR count). The van der Waals surface area contributed by atoms with Crippen molar-refractivity contribution >= 4 is 12.1 Å². The second kappa shape index (κ2) is 11.7. The number of hydrogen-bond acceptors (Lipinski definition) is 7. The first-order valence-electron chi connectivity index (χ1n) is 6.29. The van der Waals surface area contributed by atoms with Gasteiger partial charge in [0.15, 0.2) is 0 Å². The Morgan fingerprint density at radius 3 is 2.21 bits per heavy atom. The second-order valence-electron chi connectivity index (χ2n) is 3.80. The minimum Gasteiger partial charge on any atom is -0.426 e. The summed E-state index contributed by atoms with van der Waals surface area (Å²) in [6.07, 6.45) is -1.50. The highest BCUT2D eigenvalue weighted by molar-refractivity contribution is 5.68. The summed E-state index contributed by atoms with van der Waals surface area (Å²) in [5, 5.41) is 8.79. The predicted octanol–water partition coefficient (Wildman–Crippen LogP) is -1.24. The normalized spacial score (nSPS) is 11.7. The van der Waals surface area contributed by atoms with Gasteiger partial charge in [-0.1, -0.05) is 0 Å².